The third-order valence-electron chi connectivity index (χ3n) is 0.951. The maximum atomic E-state index is 12.4. The maximum Gasteiger partial charge on any atom is 0.277 e. The molecule has 0 aliphatic heterocycles. The van der Waals surface area contributed by atoms with E-state index < -0.39 is 11.0 Å². The lowest BCUT2D eigenvalue weighted by Crippen LogP contribution is -2.10. The molecule has 1 aromatic rings. The molecule has 0 aliphatic rings. The van der Waals surface area contributed by atoms with Gasteiger partial charge in [-0.05, 0) is 6.92 Å². The van der Waals surface area contributed by atoms with Crippen LogP contribution in [-0.2, 0) is 0 Å². The Hall–Kier alpha value is -0.970. The molecule has 5 heteroatoms. The molecular weight excluding hydrogens is 155 g/mol. The lowest BCUT2D eigenvalue weighted by atomic mass is 10.5. The van der Waals surface area contributed by atoms with Gasteiger partial charge in [-0.1, -0.05) is 11.3 Å². The molecule has 0 radical (unpaired) electrons. The minimum Gasteiger partial charge on any atom is -0.364 e. The normalized spacial score (nSPS) is 9.80. The van der Waals surface area contributed by atoms with Crippen LogP contribution in [0.15, 0.2) is 0 Å². The standard InChI is InChI=1S/C5H5FN2OS/c1-2-3(6)10-5(8-2)4(7)9/h1H3,(H2,7,9). The predicted octanol–water partition coefficient (Wildman–Crippen LogP) is 0.690. The number of nitrogens with zero attached hydrogens (tertiary/aromatic N) is 1. The van der Waals surface area contributed by atoms with Gasteiger partial charge >= 0.3 is 0 Å². The quantitative estimate of drug-likeness (QED) is 0.657. The minimum absolute atomic E-state index is 0.0231. The van der Waals surface area contributed by atoms with Gasteiger partial charge in [0.25, 0.3) is 5.91 Å². The summed E-state index contributed by atoms with van der Waals surface area (Å²) in [6.45, 7) is 1.48. The van der Waals surface area contributed by atoms with Crippen molar-refractivity contribution in [1.82, 2.24) is 4.98 Å². The third kappa shape index (κ3) is 1.13. The van der Waals surface area contributed by atoms with Gasteiger partial charge in [-0.25, -0.2) is 4.98 Å². The number of halogens is 1. The number of thiazole rings is 1. The van der Waals surface area contributed by atoms with Crippen LogP contribution in [0.1, 0.15) is 15.5 Å². The fourth-order valence-electron chi connectivity index (χ4n) is 0.483. The molecule has 54 valence electrons. The molecule has 1 rings (SSSR count). The zero-order valence-corrected chi connectivity index (χ0v) is 6.04. The van der Waals surface area contributed by atoms with Gasteiger partial charge in [0.2, 0.25) is 0 Å². The molecule has 1 amide bonds. The summed E-state index contributed by atoms with van der Waals surface area (Å²) in [6.07, 6.45) is 0. The Morgan fingerprint density at radius 3 is 2.60 bits per heavy atom. The monoisotopic (exact) mass is 160 g/mol. The molecule has 1 aromatic heterocycles. The molecule has 0 saturated heterocycles. The van der Waals surface area contributed by atoms with Gasteiger partial charge in [0.1, 0.15) is 0 Å². The molecule has 0 unspecified atom stereocenters. The van der Waals surface area contributed by atoms with E-state index >= 15 is 0 Å². The highest BCUT2D eigenvalue weighted by Crippen LogP contribution is 2.14. The van der Waals surface area contributed by atoms with Gasteiger partial charge in [-0.2, -0.15) is 4.39 Å². The summed E-state index contributed by atoms with van der Waals surface area (Å²) in [7, 11) is 0. The van der Waals surface area contributed by atoms with Crippen molar-refractivity contribution in [3.05, 3.63) is 15.8 Å². The Bertz CT molecular complexity index is 251. The Balaban J connectivity index is 3.10. The van der Waals surface area contributed by atoms with Gasteiger partial charge in [0, 0.05) is 0 Å². The van der Waals surface area contributed by atoms with Crippen molar-refractivity contribution >= 4 is 17.2 Å². The minimum atomic E-state index is -0.683. The fourth-order valence-corrected chi connectivity index (χ4v) is 1.13. The summed E-state index contributed by atoms with van der Waals surface area (Å²) < 4.78 is 12.4. The van der Waals surface area contributed by atoms with Crippen LogP contribution in [0, 0.1) is 12.1 Å². The zero-order valence-electron chi connectivity index (χ0n) is 5.22. The van der Waals surface area contributed by atoms with Gasteiger partial charge in [0.05, 0.1) is 5.69 Å². The molecule has 0 bridgehead atoms. The van der Waals surface area contributed by atoms with Crippen LogP contribution in [-0.4, -0.2) is 10.9 Å². The summed E-state index contributed by atoms with van der Waals surface area (Å²) >= 11 is 0.670. The van der Waals surface area contributed by atoms with E-state index in [0.29, 0.717) is 11.3 Å². The molecule has 0 aromatic carbocycles. The molecule has 10 heavy (non-hydrogen) atoms. The predicted molar refractivity (Wildman–Crippen MR) is 35.3 cm³/mol. The Labute approximate surface area is 60.7 Å². The second-order valence-electron chi connectivity index (χ2n) is 1.74. The SMILES string of the molecule is Cc1nc(C(N)=O)sc1F. The summed E-state index contributed by atoms with van der Waals surface area (Å²) in [4.78, 5) is 13.9. The van der Waals surface area contributed by atoms with Crippen LogP contribution < -0.4 is 5.73 Å². The van der Waals surface area contributed by atoms with Crippen LogP contribution in [0.4, 0.5) is 4.39 Å². The second kappa shape index (κ2) is 2.34. The number of carbonyl (C=O) groups excluding carboxylic acids is 1. The topological polar surface area (TPSA) is 56.0 Å². The number of hydrogen-bond donors (Lipinski definition) is 1. The molecule has 3 nitrogen and oxygen atoms in total. The van der Waals surface area contributed by atoms with Crippen molar-refractivity contribution in [2.45, 2.75) is 6.92 Å². The van der Waals surface area contributed by atoms with Gasteiger partial charge in [0.15, 0.2) is 10.1 Å². The zero-order chi connectivity index (χ0) is 7.72. The summed E-state index contributed by atoms with van der Waals surface area (Å²) in [5.41, 5.74) is 5.06. The largest absolute Gasteiger partial charge is 0.364 e. The van der Waals surface area contributed by atoms with E-state index in [4.69, 9.17) is 5.73 Å². The first-order valence-corrected chi connectivity index (χ1v) is 3.35. The van der Waals surface area contributed by atoms with Crippen molar-refractivity contribution in [1.29, 1.82) is 0 Å². The van der Waals surface area contributed by atoms with E-state index in [9.17, 15) is 9.18 Å². The van der Waals surface area contributed by atoms with E-state index in [1.54, 1.807) is 0 Å². The van der Waals surface area contributed by atoms with Crippen LogP contribution in [0.5, 0.6) is 0 Å². The molecule has 0 aliphatic carbocycles. The average molecular weight is 160 g/mol. The third-order valence-corrected chi connectivity index (χ3v) is 1.91. The molecule has 1 heterocycles. The van der Waals surface area contributed by atoms with Crippen LogP contribution in [0.3, 0.4) is 0 Å². The number of rotatable bonds is 1. The van der Waals surface area contributed by atoms with E-state index in [2.05, 4.69) is 4.98 Å². The highest BCUT2D eigenvalue weighted by Gasteiger charge is 2.09. The summed E-state index contributed by atoms with van der Waals surface area (Å²) in [5.74, 6) is -0.683. The lowest BCUT2D eigenvalue weighted by molar-refractivity contribution is 0.1000. The van der Waals surface area contributed by atoms with Gasteiger partial charge < -0.3 is 5.73 Å². The number of carbonyl (C=O) groups is 1. The fraction of sp³-hybridized carbons (Fsp3) is 0.200. The number of primary amides is 1. The smallest absolute Gasteiger partial charge is 0.277 e. The molecular formula is C5H5FN2OS. The van der Waals surface area contributed by atoms with Crippen molar-refractivity contribution in [2.75, 3.05) is 0 Å². The number of nitrogens with two attached hydrogens (primary N) is 1. The molecule has 0 saturated carbocycles. The Kier molecular flexibility index (Phi) is 1.67. The van der Waals surface area contributed by atoms with Crippen molar-refractivity contribution in [2.24, 2.45) is 5.73 Å². The first-order valence-electron chi connectivity index (χ1n) is 2.54. The van der Waals surface area contributed by atoms with E-state index in [0.717, 1.165) is 0 Å². The summed E-state index contributed by atoms with van der Waals surface area (Å²) in [5, 5.41) is -0.427. The van der Waals surface area contributed by atoms with Crippen molar-refractivity contribution in [3.8, 4) is 0 Å². The molecule has 0 atom stereocenters. The number of hydrogen-bond acceptors (Lipinski definition) is 3. The molecule has 2 N–H and O–H groups in total. The second-order valence-corrected chi connectivity index (χ2v) is 2.69. The molecule has 0 spiro atoms. The number of aryl methyl sites for hydroxylation is 1. The van der Waals surface area contributed by atoms with Crippen LogP contribution in [0.2, 0.25) is 0 Å². The number of aromatic nitrogens is 1. The highest BCUT2D eigenvalue weighted by atomic mass is 32.1. The van der Waals surface area contributed by atoms with Gasteiger partial charge in [-0.15, -0.1) is 0 Å². The molecule has 0 fully saturated rings. The summed E-state index contributed by atoms with van der Waals surface area (Å²) in [6, 6.07) is 0. The van der Waals surface area contributed by atoms with E-state index in [-0.39, 0.29) is 10.7 Å². The van der Waals surface area contributed by atoms with Crippen molar-refractivity contribution in [3.63, 3.8) is 0 Å². The first kappa shape index (κ1) is 7.14. The van der Waals surface area contributed by atoms with Gasteiger partial charge in [-0.3, -0.25) is 4.79 Å². The average Bonchev–Trinajstić information content (AvgIpc) is 2.13. The maximum absolute atomic E-state index is 12.4. The van der Waals surface area contributed by atoms with Crippen molar-refractivity contribution < 1.29 is 9.18 Å². The van der Waals surface area contributed by atoms with E-state index in [1.165, 1.54) is 6.92 Å². The first-order chi connectivity index (χ1) is 4.61. The Morgan fingerprint density at radius 2 is 2.40 bits per heavy atom. The Morgan fingerprint density at radius 1 is 1.80 bits per heavy atom. The van der Waals surface area contributed by atoms with Crippen LogP contribution in [0.25, 0.3) is 0 Å². The highest BCUT2D eigenvalue weighted by molar-refractivity contribution is 7.12. The van der Waals surface area contributed by atoms with Crippen LogP contribution >= 0.6 is 11.3 Å². The number of amides is 1. The lowest BCUT2D eigenvalue weighted by Gasteiger charge is -1.79. The van der Waals surface area contributed by atoms with E-state index in [1.807, 2.05) is 0 Å².